The molecule has 5 nitrogen and oxygen atoms in total. The molecule has 1 aliphatic rings. The lowest BCUT2D eigenvalue weighted by atomic mass is 9.93. The van der Waals surface area contributed by atoms with Crippen molar-refractivity contribution in [2.45, 2.75) is 19.1 Å². The second kappa shape index (κ2) is 7.50. The van der Waals surface area contributed by atoms with Crippen LogP contribution in [0.15, 0.2) is 46.6 Å². The van der Waals surface area contributed by atoms with Crippen LogP contribution in [0, 0.1) is 5.82 Å². The number of aromatic amines is 1. The van der Waals surface area contributed by atoms with E-state index < -0.39 is 0 Å². The number of rotatable bonds is 4. The van der Waals surface area contributed by atoms with E-state index in [-0.39, 0.29) is 17.5 Å². The number of ether oxygens (including phenoxy) is 1. The summed E-state index contributed by atoms with van der Waals surface area (Å²) in [4.78, 5) is 17.5. The maximum Gasteiger partial charge on any atom is 0.266 e. The average Bonchev–Trinajstić information content (AvgIpc) is 3.38. The molecule has 1 unspecified atom stereocenters. The molecule has 4 aromatic rings. The Balaban J connectivity index is 1.80. The Morgan fingerprint density at radius 2 is 2.17 bits per heavy atom. The quantitative estimate of drug-likeness (QED) is 0.517. The van der Waals surface area contributed by atoms with E-state index >= 15 is 4.39 Å². The summed E-state index contributed by atoms with van der Waals surface area (Å²) in [6.07, 6.45) is 0.320. The van der Waals surface area contributed by atoms with Crippen molar-refractivity contribution >= 4 is 32.3 Å². The van der Waals surface area contributed by atoms with Crippen LogP contribution in [0.2, 0.25) is 0 Å². The molecular weight excluding hydrogens is 403 g/mol. The van der Waals surface area contributed by atoms with Gasteiger partial charge in [-0.1, -0.05) is 12.1 Å². The molecule has 0 bridgehead atoms. The van der Waals surface area contributed by atoms with Crippen molar-refractivity contribution in [2.24, 2.45) is 0 Å². The molecule has 1 aliphatic heterocycles. The molecule has 2 N–H and O–H groups in total. The minimum Gasteiger partial charge on any atom is -0.496 e. The van der Waals surface area contributed by atoms with Crippen LogP contribution in [0.4, 0.5) is 4.39 Å². The van der Waals surface area contributed by atoms with Crippen molar-refractivity contribution in [3.8, 4) is 16.9 Å². The zero-order valence-electron chi connectivity index (χ0n) is 16.4. The third-order valence-corrected chi connectivity index (χ3v) is 6.71. The molecule has 0 radical (unpaired) electrons. The van der Waals surface area contributed by atoms with E-state index in [0.717, 1.165) is 28.4 Å². The number of hydrogen-bond acceptors (Lipinski definition) is 5. The Morgan fingerprint density at radius 3 is 2.93 bits per heavy atom. The molecule has 2 aromatic carbocycles. The highest BCUT2D eigenvalue weighted by Crippen LogP contribution is 2.42. The summed E-state index contributed by atoms with van der Waals surface area (Å²) in [7, 11) is 1.59. The number of nitrogens with one attached hydrogen (secondary N) is 1. The topological polar surface area (TPSA) is 65.6 Å². The van der Waals surface area contributed by atoms with Gasteiger partial charge in [-0.15, -0.1) is 11.3 Å². The summed E-state index contributed by atoms with van der Waals surface area (Å²) >= 11 is 1.39. The van der Waals surface area contributed by atoms with Gasteiger partial charge in [-0.25, -0.2) is 4.39 Å². The Hall–Kier alpha value is -2.74. The molecule has 2 aromatic heterocycles. The number of methoxy groups -OCH3 is 1. The van der Waals surface area contributed by atoms with Gasteiger partial charge in [-0.2, -0.15) is 0 Å². The molecule has 0 spiro atoms. The SMILES string of the molecule is COc1ccc2[nH]c(=O)c3sccc3c2c1-c1cccc(F)c1CN1CCC(O)C1. The summed E-state index contributed by atoms with van der Waals surface area (Å²) in [5.74, 6) is 0.328. The van der Waals surface area contributed by atoms with Crippen molar-refractivity contribution < 1.29 is 14.2 Å². The normalized spacial score (nSPS) is 17.2. The highest BCUT2D eigenvalue weighted by molar-refractivity contribution is 7.17. The number of benzene rings is 2. The number of fused-ring (bicyclic) bond motifs is 3. The number of aliphatic hydroxyl groups is 1. The second-order valence-corrected chi connectivity index (χ2v) is 8.54. The molecule has 3 heterocycles. The van der Waals surface area contributed by atoms with Crippen LogP contribution in [0.1, 0.15) is 12.0 Å². The van der Waals surface area contributed by atoms with Crippen LogP contribution >= 0.6 is 11.3 Å². The van der Waals surface area contributed by atoms with Gasteiger partial charge in [0, 0.05) is 47.1 Å². The van der Waals surface area contributed by atoms with Gasteiger partial charge < -0.3 is 14.8 Å². The summed E-state index contributed by atoms with van der Waals surface area (Å²) in [6, 6.07) is 10.6. The number of aliphatic hydroxyl groups excluding tert-OH is 1. The van der Waals surface area contributed by atoms with Gasteiger partial charge >= 0.3 is 0 Å². The Morgan fingerprint density at radius 1 is 1.30 bits per heavy atom. The molecular formula is C23H21FN2O3S. The van der Waals surface area contributed by atoms with Gasteiger partial charge in [-0.3, -0.25) is 9.69 Å². The van der Waals surface area contributed by atoms with Crippen LogP contribution in [0.25, 0.3) is 32.1 Å². The van der Waals surface area contributed by atoms with E-state index in [1.807, 2.05) is 23.6 Å². The van der Waals surface area contributed by atoms with E-state index in [1.165, 1.54) is 17.4 Å². The average molecular weight is 424 g/mol. The van der Waals surface area contributed by atoms with E-state index in [0.29, 0.717) is 41.0 Å². The lowest BCUT2D eigenvalue weighted by Crippen LogP contribution is -2.22. The Labute approximate surface area is 176 Å². The molecule has 30 heavy (non-hydrogen) atoms. The van der Waals surface area contributed by atoms with E-state index in [4.69, 9.17) is 4.74 Å². The standard InChI is InChI=1S/C23H21FN2O3S/c1-29-19-6-5-18-20(15-8-10-30-22(15)23(28)25-18)21(19)14-3-2-4-17(24)16(14)12-26-9-7-13(27)11-26/h2-6,8,10,13,27H,7,9,11-12H2,1H3,(H,25,28). The lowest BCUT2D eigenvalue weighted by molar-refractivity contribution is 0.174. The molecule has 0 aliphatic carbocycles. The van der Waals surface area contributed by atoms with Crippen LogP contribution in [0.5, 0.6) is 5.75 Å². The fraction of sp³-hybridized carbons (Fsp3) is 0.261. The monoisotopic (exact) mass is 424 g/mol. The first-order valence-corrected chi connectivity index (χ1v) is 10.7. The van der Waals surface area contributed by atoms with Crippen LogP contribution in [-0.4, -0.2) is 41.3 Å². The zero-order valence-corrected chi connectivity index (χ0v) is 17.3. The molecule has 154 valence electrons. The fourth-order valence-corrected chi connectivity index (χ4v) is 5.19. The van der Waals surface area contributed by atoms with Gasteiger partial charge in [0.1, 0.15) is 16.3 Å². The number of halogens is 1. The molecule has 0 amide bonds. The van der Waals surface area contributed by atoms with Gasteiger partial charge in [-0.05, 0) is 41.6 Å². The van der Waals surface area contributed by atoms with Gasteiger partial charge in [0.15, 0.2) is 0 Å². The predicted octanol–water partition coefficient (Wildman–Crippen LogP) is 4.12. The Kier molecular flexibility index (Phi) is 4.81. The van der Waals surface area contributed by atoms with Crippen molar-refractivity contribution in [1.29, 1.82) is 0 Å². The number of thiophene rings is 1. The molecule has 0 saturated carbocycles. The van der Waals surface area contributed by atoms with Gasteiger partial charge in [0.25, 0.3) is 5.56 Å². The number of likely N-dealkylation sites (tertiary alicyclic amines) is 1. The highest BCUT2D eigenvalue weighted by Gasteiger charge is 2.25. The number of pyridine rings is 1. The van der Waals surface area contributed by atoms with Crippen molar-refractivity contribution in [1.82, 2.24) is 9.88 Å². The predicted molar refractivity (Wildman–Crippen MR) is 118 cm³/mol. The fourth-order valence-electron chi connectivity index (χ4n) is 4.40. The largest absolute Gasteiger partial charge is 0.496 e. The van der Waals surface area contributed by atoms with E-state index in [1.54, 1.807) is 19.2 Å². The summed E-state index contributed by atoms with van der Waals surface area (Å²) in [5, 5.41) is 13.5. The first-order valence-electron chi connectivity index (χ1n) is 9.85. The van der Waals surface area contributed by atoms with Crippen LogP contribution in [-0.2, 0) is 6.54 Å². The maximum atomic E-state index is 15.1. The number of β-amino-alcohol motifs (C(OH)–C–C–N with tert-alkyl or cyclic N) is 1. The number of nitrogens with zero attached hydrogens (tertiary/aromatic N) is 1. The minimum atomic E-state index is -0.372. The van der Waals surface area contributed by atoms with Gasteiger partial charge in [0.05, 0.1) is 13.2 Å². The Bertz CT molecular complexity index is 1310. The summed E-state index contributed by atoms with van der Waals surface area (Å²) < 4.78 is 21.4. The second-order valence-electron chi connectivity index (χ2n) is 7.63. The highest BCUT2D eigenvalue weighted by atomic mass is 32.1. The summed E-state index contributed by atoms with van der Waals surface area (Å²) in [5.41, 5.74) is 2.62. The van der Waals surface area contributed by atoms with E-state index in [9.17, 15) is 9.90 Å². The molecule has 1 fully saturated rings. The first kappa shape index (κ1) is 19.2. The van der Waals surface area contributed by atoms with Crippen molar-refractivity contribution in [2.75, 3.05) is 20.2 Å². The lowest BCUT2D eigenvalue weighted by Gasteiger charge is -2.21. The number of aromatic nitrogens is 1. The third kappa shape index (κ3) is 3.10. The van der Waals surface area contributed by atoms with Crippen LogP contribution in [0.3, 0.4) is 0 Å². The smallest absolute Gasteiger partial charge is 0.266 e. The number of H-pyrrole nitrogens is 1. The number of hydrogen-bond donors (Lipinski definition) is 2. The molecule has 5 rings (SSSR count). The summed E-state index contributed by atoms with van der Waals surface area (Å²) in [6.45, 7) is 1.65. The van der Waals surface area contributed by atoms with Crippen molar-refractivity contribution in [3.05, 3.63) is 63.5 Å². The molecule has 1 saturated heterocycles. The molecule has 7 heteroatoms. The van der Waals surface area contributed by atoms with Crippen LogP contribution < -0.4 is 10.3 Å². The molecule has 1 atom stereocenters. The minimum absolute atomic E-state index is 0.130. The maximum absolute atomic E-state index is 15.1. The van der Waals surface area contributed by atoms with E-state index in [2.05, 4.69) is 9.88 Å². The third-order valence-electron chi connectivity index (χ3n) is 5.79. The van der Waals surface area contributed by atoms with Crippen molar-refractivity contribution in [3.63, 3.8) is 0 Å². The first-order chi connectivity index (χ1) is 14.6. The zero-order chi connectivity index (χ0) is 20.8. The van der Waals surface area contributed by atoms with Gasteiger partial charge in [0.2, 0.25) is 0 Å².